The molecule has 4 fully saturated rings. The van der Waals surface area contributed by atoms with Crippen molar-refractivity contribution in [3.63, 3.8) is 0 Å². The van der Waals surface area contributed by atoms with E-state index in [9.17, 15) is 0 Å². The van der Waals surface area contributed by atoms with Crippen molar-refractivity contribution in [3.05, 3.63) is 184 Å². The molecule has 4 aromatic heterocycles. The summed E-state index contributed by atoms with van der Waals surface area (Å²) in [5.74, 6) is 2.83. The van der Waals surface area contributed by atoms with Gasteiger partial charge in [-0.1, -0.05) is 207 Å². The van der Waals surface area contributed by atoms with Gasteiger partial charge in [-0.15, -0.1) is 0 Å². The molecule has 6 aromatic rings. The van der Waals surface area contributed by atoms with Gasteiger partial charge in [-0.05, 0) is 188 Å². The number of rotatable bonds is 38. The number of benzene rings is 2. The Hall–Kier alpha value is -2.50. The molecule has 10 rings (SSSR count). The van der Waals surface area contributed by atoms with Crippen molar-refractivity contribution in [2.45, 2.75) is 246 Å². The standard InChI is InChI=1S/C68H94N4O2.2C5H5.2Fe/c1-5-9-13-17-21-23-27-31-39-51(37-29-25-19-15-11-7-3)49-71-65-61-55(47-59(69-65)53-41-33-34-42-53)46-58-64-62-56(45-57(63(61)64)67(71)73)48-60(54-43-35-36-44-54)70-66(62)72(68(58)74)50-52(38-30-26-20-16-12-8-4)40-32-28-24-22-18-14-10-6-2;2*1-2-4-5-3-1;;/h33-36,41-48,51-52H,5-32,37-40,49-50H2,1-4H3;2*1-5H;;/q;;;2*+2. The Morgan fingerprint density at radius 2 is 0.581 bits per heavy atom. The van der Waals surface area contributed by atoms with E-state index >= 15 is 9.59 Å². The minimum absolute atomic E-state index is 0. The van der Waals surface area contributed by atoms with Gasteiger partial charge in [0.25, 0.3) is 11.1 Å². The van der Waals surface area contributed by atoms with Crippen LogP contribution in [-0.4, -0.2) is 19.1 Å². The molecule has 0 N–H and O–H groups in total. The molecule has 460 valence electrons. The summed E-state index contributed by atoms with van der Waals surface area (Å²) in [5, 5.41) is 7.15. The van der Waals surface area contributed by atoms with Gasteiger partial charge in [-0.3, -0.25) is 18.7 Å². The van der Waals surface area contributed by atoms with Gasteiger partial charge in [0.05, 0.1) is 11.4 Å². The molecular formula is C78H104Fe2N4O2+4. The van der Waals surface area contributed by atoms with Crippen LogP contribution in [0.15, 0.2) is 33.9 Å². The van der Waals surface area contributed by atoms with E-state index in [1.165, 1.54) is 180 Å². The fourth-order valence-electron chi connectivity index (χ4n) is 13.4. The van der Waals surface area contributed by atoms with Crippen molar-refractivity contribution in [1.29, 1.82) is 0 Å². The first-order chi connectivity index (χ1) is 41.4. The second kappa shape index (κ2) is 41.1. The molecule has 2 unspecified atom stereocenters. The molecule has 0 aliphatic heterocycles. The average molecular weight is 1240 g/mol. The van der Waals surface area contributed by atoms with Gasteiger partial charge in [0.1, 0.15) is 11.3 Å². The van der Waals surface area contributed by atoms with Crippen LogP contribution >= 0.6 is 0 Å². The van der Waals surface area contributed by atoms with Crippen molar-refractivity contribution in [3.8, 4) is 0 Å². The van der Waals surface area contributed by atoms with Crippen molar-refractivity contribution in [1.82, 2.24) is 19.1 Å². The van der Waals surface area contributed by atoms with E-state index < -0.39 is 0 Å². The fraction of sp³-hybridized carbons (Fsp3) is 0.513. The van der Waals surface area contributed by atoms with E-state index in [4.69, 9.17) is 9.97 Å². The Kier molecular flexibility index (Phi) is 34.7. The summed E-state index contributed by atoms with van der Waals surface area (Å²) in [6.45, 7) is 10.5. The molecule has 6 nitrogen and oxygen atoms in total. The third kappa shape index (κ3) is 21.3. The summed E-state index contributed by atoms with van der Waals surface area (Å²) < 4.78 is 4.15. The molecule has 0 spiro atoms. The molecule has 4 aliphatic rings. The first kappa shape index (κ1) is 72.6. The van der Waals surface area contributed by atoms with Crippen molar-refractivity contribution in [2.75, 3.05) is 0 Å². The van der Waals surface area contributed by atoms with Crippen LogP contribution in [0.25, 0.3) is 54.4 Å². The summed E-state index contributed by atoms with van der Waals surface area (Å²) in [6.07, 6.45) is 77.2. The Labute approximate surface area is 545 Å². The Morgan fingerprint density at radius 1 is 0.326 bits per heavy atom. The maximum atomic E-state index is 15.8. The number of pyridine rings is 4. The van der Waals surface area contributed by atoms with Crippen molar-refractivity contribution in [2.24, 2.45) is 11.8 Å². The molecule has 0 amide bonds. The zero-order valence-electron chi connectivity index (χ0n) is 53.2. The number of unbranched alkanes of at least 4 members (excludes halogenated alkanes) is 24. The second-order valence-corrected chi connectivity index (χ2v) is 24.9. The topological polar surface area (TPSA) is 69.8 Å². The van der Waals surface area contributed by atoms with Crippen LogP contribution < -0.4 is 11.1 Å². The first-order valence-electron chi connectivity index (χ1n) is 34.2. The van der Waals surface area contributed by atoms with Crippen LogP contribution in [0.2, 0.25) is 0 Å². The molecule has 8 heteroatoms. The largest absolute Gasteiger partial charge is 2.00 e. The summed E-state index contributed by atoms with van der Waals surface area (Å²) in [7, 11) is 0. The molecule has 4 saturated carbocycles. The fourth-order valence-corrected chi connectivity index (χ4v) is 13.4. The average Bonchev–Trinajstić information content (AvgIpc) is 1.09. The Bertz CT molecular complexity index is 2660. The molecule has 0 saturated heterocycles. The molecule has 86 heavy (non-hydrogen) atoms. The predicted molar refractivity (Wildman–Crippen MR) is 360 cm³/mol. The van der Waals surface area contributed by atoms with E-state index in [1.54, 1.807) is 0 Å². The molecular weight excluding hydrogens is 1140 g/mol. The van der Waals surface area contributed by atoms with E-state index in [1.807, 2.05) is 64.2 Å². The van der Waals surface area contributed by atoms with Crippen LogP contribution in [-0.2, 0) is 47.2 Å². The number of nitrogens with zero attached hydrogens (tertiary/aromatic N) is 4. The van der Waals surface area contributed by atoms with E-state index in [0.29, 0.717) is 35.7 Å². The van der Waals surface area contributed by atoms with E-state index in [-0.39, 0.29) is 45.3 Å². The normalized spacial score (nSPS) is 16.4. The summed E-state index contributed by atoms with van der Waals surface area (Å²) in [5.41, 5.74) is 3.25. The molecule has 0 bridgehead atoms. The number of hydrogen-bond donors (Lipinski definition) is 0. The first-order valence-corrected chi connectivity index (χ1v) is 34.2. The van der Waals surface area contributed by atoms with Crippen LogP contribution in [0.1, 0.15) is 245 Å². The van der Waals surface area contributed by atoms with Crippen molar-refractivity contribution < 1.29 is 34.1 Å². The summed E-state index contributed by atoms with van der Waals surface area (Å²) in [4.78, 5) is 42.5. The van der Waals surface area contributed by atoms with Gasteiger partial charge in [0.15, 0.2) is 0 Å². The SMILES string of the molecule is CCCCCCCCCCC(CCCCCCCC)Cn1c(=O)c2cc3cc([C]4[CH][CH][CH][CH]4)nc4c3c3c(cc5cc([C]6[CH][CH][CH][CH]6)nc1c5c23)c(=O)n4CC(CCCCCCCC)CCCCCCCCCC.[CH]1[CH][CH][CH][CH]1.[CH]1[CH][CH][CH][CH]1.[Fe+2].[Fe+2]. The molecule has 4 aliphatic carbocycles. The van der Waals surface area contributed by atoms with Crippen LogP contribution in [0.4, 0.5) is 0 Å². The van der Waals surface area contributed by atoms with Gasteiger partial charge in [-0.2, -0.15) is 0 Å². The van der Waals surface area contributed by atoms with E-state index in [0.717, 1.165) is 92.5 Å². The third-order valence-electron chi connectivity index (χ3n) is 18.2. The van der Waals surface area contributed by atoms with Gasteiger partial charge < -0.3 is 0 Å². The van der Waals surface area contributed by atoms with Crippen LogP contribution in [0.5, 0.6) is 0 Å². The van der Waals surface area contributed by atoms with E-state index in [2.05, 4.69) is 112 Å². The minimum Gasteiger partial charge on any atom is -0.292 e. The quantitative estimate of drug-likeness (QED) is 0.0168. The summed E-state index contributed by atoms with van der Waals surface area (Å²) >= 11 is 0. The van der Waals surface area contributed by atoms with Gasteiger partial charge in [-0.25, -0.2) is 9.97 Å². The molecule has 20 radical (unpaired) electrons. The molecule has 2 aromatic carbocycles. The van der Waals surface area contributed by atoms with Crippen LogP contribution in [0, 0.1) is 139 Å². The Balaban J connectivity index is 0.000000894. The minimum atomic E-state index is 0. The monoisotopic (exact) mass is 1240 g/mol. The maximum Gasteiger partial charge on any atom is 2.00 e. The Morgan fingerprint density at radius 3 is 0.849 bits per heavy atom. The summed E-state index contributed by atoms with van der Waals surface area (Å²) in [6, 6.07) is 8.72. The van der Waals surface area contributed by atoms with Crippen LogP contribution in [0.3, 0.4) is 0 Å². The number of aromatic nitrogens is 4. The smallest absolute Gasteiger partial charge is 0.292 e. The van der Waals surface area contributed by atoms with Gasteiger partial charge >= 0.3 is 34.1 Å². The van der Waals surface area contributed by atoms with Gasteiger partial charge in [0, 0.05) is 57.2 Å². The molecule has 4 heterocycles. The van der Waals surface area contributed by atoms with Gasteiger partial charge in [0.2, 0.25) is 0 Å². The maximum absolute atomic E-state index is 15.8. The van der Waals surface area contributed by atoms with Crippen molar-refractivity contribution >= 4 is 54.4 Å². The second-order valence-electron chi connectivity index (χ2n) is 24.9. The zero-order chi connectivity index (χ0) is 58.6. The number of hydrogen-bond acceptors (Lipinski definition) is 4. The third-order valence-corrected chi connectivity index (χ3v) is 18.2. The zero-order valence-corrected chi connectivity index (χ0v) is 55.4. The predicted octanol–water partition coefficient (Wildman–Crippen LogP) is 20.8. The molecule has 2 atom stereocenters.